The van der Waals surface area contributed by atoms with Gasteiger partial charge in [0.1, 0.15) is 11.3 Å². The van der Waals surface area contributed by atoms with Gasteiger partial charge in [-0.25, -0.2) is 9.48 Å². The molecule has 1 unspecified atom stereocenters. The Hall–Kier alpha value is -1.63. The van der Waals surface area contributed by atoms with Gasteiger partial charge in [0.15, 0.2) is 6.10 Å². The number of hydrogen-bond acceptors (Lipinski definition) is 5. The van der Waals surface area contributed by atoms with Crippen LogP contribution in [0.3, 0.4) is 0 Å². The maximum Gasteiger partial charge on any atom is 0.347 e. The van der Waals surface area contributed by atoms with Crippen molar-refractivity contribution in [2.75, 3.05) is 6.61 Å². The van der Waals surface area contributed by atoms with Gasteiger partial charge < -0.3 is 9.47 Å². The van der Waals surface area contributed by atoms with Crippen molar-refractivity contribution in [1.82, 2.24) is 15.0 Å². The van der Waals surface area contributed by atoms with E-state index in [0.29, 0.717) is 12.4 Å². The molecule has 1 atom stereocenters. The number of ether oxygens (including phenoxy) is 2. The second-order valence-electron chi connectivity index (χ2n) is 6.49. The maximum atomic E-state index is 12.1. The van der Waals surface area contributed by atoms with Gasteiger partial charge in [0.25, 0.3) is 0 Å². The van der Waals surface area contributed by atoms with Crippen molar-refractivity contribution in [3.8, 4) is 5.75 Å². The summed E-state index contributed by atoms with van der Waals surface area (Å²) in [4.78, 5) is 12.1. The number of carbonyl (C=O) groups excluding carboxylic acids is 1. The number of aromatic nitrogens is 3. The van der Waals surface area contributed by atoms with Gasteiger partial charge in [0.2, 0.25) is 0 Å². The number of halogens is 1. The predicted octanol–water partition coefficient (Wildman–Crippen LogP) is 3.57. The maximum absolute atomic E-state index is 12.1. The molecule has 3 rings (SSSR count). The smallest absolute Gasteiger partial charge is 0.347 e. The number of nitrogens with zero attached hydrogens (tertiary/aromatic N) is 3. The number of carbonyl (C=O) groups is 1. The van der Waals surface area contributed by atoms with Gasteiger partial charge in [-0.3, -0.25) is 0 Å². The molecule has 1 heterocycles. The first kappa shape index (κ1) is 17.2. The molecule has 130 valence electrons. The molecule has 1 aliphatic carbocycles. The Labute approximate surface area is 149 Å². The minimum atomic E-state index is -0.653. The van der Waals surface area contributed by atoms with Crippen LogP contribution in [0.15, 0.2) is 16.6 Å². The Bertz CT molecular complexity index is 740. The van der Waals surface area contributed by atoms with E-state index in [1.54, 1.807) is 6.92 Å². The third-order valence-corrected chi connectivity index (χ3v) is 4.86. The summed E-state index contributed by atoms with van der Waals surface area (Å²) in [6.45, 7) is 6.89. The summed E-state index contributed by atoms with van der Waals surface area (Å²) < 4.78 is 13.7. The van der Waals surface area contributed by atoms with Crippen molar-refractivity contribution in [3.63, 3.8) is 0 Å². The van der Waals surface area contributed by atoms with Crippen molar-refractivity contribution in [2.24, 2.45) is 11.8 Å². The van der Waals surface area contributed by atoms with Crippen molar-refractivity contribution in [3.05, 3.63) is 16.6 Å². The first-order chi connectivity index (χ1) is 11.5. The Morgan fingerprint density at radius 3 is 2.79 bits per heavy atom. The number of benzene rings is 1. The van der Waals surface area contributed by atoms with E-state index in [9.17, 15) is 4.79 Å². The third-order valence-electron chi connectivity index (χ3n) is 4.10. The van der Waals surface area contributed by atoms with Crippen LogP contribution in [-0.2, 0) is 16.1 Å². The molecule has 24 heavy (non-hydrogen) atoms. The van der Waals surface area contributed by atoms with E-state index < -0.39 is 6.10 Å². The molecule has 6 nitrogen and oxygen atoms in total. The van der Waals surface area contributed by atoms with Crippen LogP contribution in [0.25, 0.3) is 11.0 Å². The average Bonchev–Trinajstić information content (AvgIpc) is 3.25. The molecule has 1 aromatic heterocycles. The van der Waals surface area contributed by atoms with Crippen molar-refractivity contribution < 1.29 is 14.3 Å². The molecule has 1 fully saturated rings. The Kier molecular flexibility index (Phi) is 5.08. The topological polar surface area (TPSA) is 66.2 Å². The van der Waals surface area contributed by atoms with E-state index in [1.807, 2.05) is 30.7 Å². The van der Waals surface area contributed by atoms with Gasteiger partial charge in [-0.1, -0.05) is 19.1 Å². The number of hydrogen-bond donors (Lipinski definition) is 0. The van der Waals surface area contributed by atoms with Gasteiger partial charge in [-0.05, 0) is 53.7 Å². The van der Waals surface area contributed by atoms with Gasteiger partial charge >= 0.3 is 5.97 Å². The quantitative estimate of drug-likeness (QED) is 0.670. The molecule has 1 aromatic carbocycles. The zero-order valence-electron chi connectivity index (χ0n) is 14.2. The van der Waals surface area contributed by atoms with Crippen LogP contribution < -0.4 is 4.74 Å². The van der Waals surface area contributed by atoms with Crippen LogP contribution in [-0.4, -0.2) is 33.7 Å². The molecule has 0 bridgehead atoms. The highest BCUT2D eigenvalue weighted by Crippen LogP contribution is 2.35. The molecular formula is C17H22BrN3O3. The fraction of sp³-hybridized carbons (Fsp3) is 0.588. The molecule has 1 aliphatic rings. The largest absolute Gasteiger partial charge is 0.477 e. The third kappa shape index (κ3) is 3.55. The minimum Gasteiger partial charge on any atom is -0.477 e. The highest BCUT2D eigenvalue weighted by Gasteiger charge is 2.28. The van der Waals surface area contributed by atoms with E-state index in [4.69, 9.17) is 9.47 Å². The lowest BCUT2D eigenvalue weighted by Gasteiger charge is -2.21. The molecule has 0 saturated heterocycles. The predicted molar refractivity (Wildman–Crippen MR) is 93.8 cm³/mol. The van der Waals surface area contributed by atoms with Crippen LogP contribution >= 0.6 is 15.9 Å². The first-order valence-corrected chi connectivity index (χ1v) is 9.15. The summed E-state index contributed by atoms with van der Waals surface area (Å²) in [6, 6.07) is 3.80. The zero-order valence-corrected chi connectivity index (χ0v) is 15.7. The minimum absolute atomic E-state index is 0.00260. The van der Waals surface area contributed by atoms with E-state index >= 15 is 0 Å². The van der Waals surface area contributed by atoms with Crippen LogP contribution in [0.1, 0.15) is 33.6 Å². The number of rotatable bonds is 7. The summed E-state index contributed by atoms with van der Waals surface area (Å²) in [5.74, 6) is 0.945. The van der Waals surface area contributed by atoms with Crippen LogP contribution in [0.5, 0.6) is 5.75 Å². The molecule has 7 heteroatoms. The summed E-state index contributed by atoms with van der Waals surface area (Å²) in [7, 11) is 0. The van der Waals surface area contributed by atoms with Crippen LogP contribution in [0.2, 0.25) is 0 Å². The molecule has 0 radical (unpaired) electrons. The molecule has 0 N–H and O–H groups in total. The standard InChI is InChI=1S/C17H22BrN3O3/c1-4-23-17(22)16(10(2)3)24-13-8-7-12-15(14(13)18)19-20-21(12)9-11-5-6-11/h7-8,10-11,16H,4-6,9H2,1-3H3. The summed E-state index contributed by atoms with van der Waals surface area (Å²) >= 11 is 3.55. The van der Waals surface area contributed by atoms with Gasteiger partial charge in [-0.15, -0.1) is 5.10 Å². The monoisotopic (exact) mass is 395 g/mol. The lowest BCUT2D eigenvalue weighted by molar-refractivity contribution is -0.153. The van der Waals surface area contributed by atoms with Gasteiger partial charge in [-0.2, -0.15) is 0 Å². The summed E-state index contributed by atoms with van der Waals surface area (Å²) in [5.41, 5.74) is 1.72. The van der Waals surface area contributed by atoms with E-state index in [-0.39, 0.29) is 11.9 Å². The van der Waals surface area contributed by atoms with Crippen LogP contribution in [0, 0.1) is 11.8 Å². The zero-order chi connectivity index (χ0) is 17.3. The van der Waals surface area contributed by atoms with Crippen molar-refractivity contribution >= 4 is 32.9 Å². The lowest BCUT2D eigenvalue weighted by Crippen LogP contribution is -2.34. The average molecular weight is 396 g/mol. The van der Waals surface area contributed by atoms with Gasteiger partial charge in [0.05, 0.1) is 16.6 Å². The van der Waals surface area contributed by atoms with Crippen molar-refractivity contribution in [1.29, 1.82) is 0 Å². The van der Waals surface area contributed by atoms with E-state index in [1.165, 1.54) is 12.8 Å². The fourth-order valence-corrected chi connectivity index (χ4v) is 3.08. The molecule has 2 aromatic rings. The first-order valence-electron chi connectivity index (χ1n) is 8.36. The molecule has 1 saturated carbocycles. The van der Waals surface area contributed by atoms with Crippen LogP contribution in [0.4, 0.5) is 0 Å². The second kappa shape index (κ2) is 7.09. The number of fused-ring (bicyclic) bond motifs is 1. The Morgan fingerprint density at radius 2 is 2.17 bits per heavy atom. The van der Waals surface area contributed by atoms with Gasteiger partial charge in [0, 0.05) is 12.5 Å². The summed E-state index contributed by atoms with van der Waals surface area (Å²) in [6.07, 6.45) is 1.87. The molecule has 0 spiro atoms. The Morgan fingerprint density at radius 1 is 1.42 bits per heavy atom. The molecular weight excluding hydrogens is 374 g/mol. The molecule has 0 amide bonds. The normalized spacial score (nSPS) is 15.7. The van der Waals surface area contributed by atoms with Crippen molar-refractivity contribution in [2.45, 2.75) is 46.3 Å². The second-order valence-corrected chi connectivity index (χ2v) is 7.29. The summed E-state index contributed by atoms with van der Waals surface area (Å²) in [5, 5.41) is 8.51. The number of esters is 1. The lowest BCUT2D eigenvalue weighted by atomic mass is 10.1. The Balaban J connectivity index is 1.86. The molecule has 0 aliphatic heterocycles. The highest BCUT2D eigenvalue weighted by atomic mass is 79.9. The fourth-order valence-electron chi connectivity index (χ4n) is 2.57. The van der Waals surface area contributed by atoms with E-state index in [2.05, 4.69) is 26.2 Å². The SMILES string of the molecule is CCOC(=O)C(Oc1ccc2c(nnn2CC2CC2)c1Br)C(C)C. The van der Waals surface area contributed by atoms with E-state index in [0.717, 1.165) is 28.0 Å². The highest BCUT2D eigenvalue weighted by molar-refractivity contribution is 9.10.